The first-order valence-electron chi connectivity index (χ1n) is 4.97. The minimum atomic E-state index is -0.209. The van der Waals surface area contributed by atoms with Gasteiger partial charge in [0.1, 0.15) is 6.23 Å². The molecule has 0 spiro atoms. The van der Waals surface area contributed by atoms with Gasteiger partial charge in [0.2, 0.25) is 0 Å². The fourth-order valence-electron chi connectivity index (χ4n) is 1.71. The third-order valence-electron chi connectivity index (χ3n) is 2.48. The van der Waals surface area contributed by atoms with Crippen LogP contribution in [0.4, 0.5) is 0 Å². The highest BCUT2D eigenvalue weighted by molar-refractivity contribution is 4.66. The first kappa shape index (κ1) is 9.96. The SMILES string of the molecule is NCCCN1CCCCCC1O. The van der Waals surface area contributed by atoms with E-state index in [0.29, 0.717) is 0 Å². The maximum Gasteiger partial charge on any atom is 0.107 e. The van der Waals surface area contributed by atoms with E-state index in [2.05, 4.69) is 4.90 Å². The maximum atomic E-state index is 9.66. The Hall–Kier alpha value is -0.120. The van der Waals surface area contributed by atoms with Crippen molar-refractivity contribution >= 4 is 0 Å². The molecule has 0 aromatic heterocycles. The molecule has 0 bridgehead atoms. The Bertz CT molecular complexity index is 119. The normalized spacial score (nSPS) is 27.0. The Morgan fingerprint density at radius 3 is 2.92 bits per heavy atom. The Kier molecular flexibility index (Phi) is 4.58. The number of hydrogen-bond acceptors (Lipinski definition) is 3. The predicted octanol–water partition coefficient (Wildman–Crippen LogP) is 0.530. The van der Waals surface area contributed by atoms with Crippen LogP contribution in [0.25, 0.3) is 0 Å². The van der Waals surface area contributed by atoms with Crippen LogP contribution in [0, 0.1) is 0 Å². The zero-order valence-corrected chi connectivity index (χ0v) is 7.71. The molecule has 1 rings (SSSR count). The number of rotatable bonds is 3. The van der Waals surface area contributed by atoms with E-state index in [0.717, 1.165) is 32.5 Å². The second-order valence-corrected chi connectivity index (χ2v) is 3.51. The summed E-state index contributed by atoms with van der Waals surface area (Å²) in [6.45, 7) is 2.72. The van der Waals surface area contributed by atoms with Gasteiger partial charge in [-0.1, -0.05) is 6.42 Å². The Balaban J connectivity index is 2.26. The van der Waals surface area contributed by atoms with Crippen molar-refractivity contribution in [1.82, 2.24) is 4.90 Å². The summed E-state index contributed by atoms with van der Waals surface area (Å²) in [6, 6.07) is 0. The number of nitrogens with two attached hydrogens (primary N) is 1. The van der Waals surface area contributed by atoms with Crippen LogP contribution in [0.3, 0.4) is 0 Å². The zero-order valence-electron chi connectivity index (χ0n) is 7.71. The lowest BCUT2D eigenvalue weighted by Crippen LogP contribution is -2.36. The highest BCUT2D eigenvalue weighted by Crippen LogP contribution is 2.14. The number of likely N-dealkylation sites (tertiary alicyclic amines) is 1. The fourth-order valence-corrected chi connectivity index (χ4v) is 1.71. The van der Waals surface area contributed by atoms with Crippen LogP contribution in [0.5, 0.6) is 0 Å². The van der Waals surface area contributed by atoms with Crippen molar-refractivity contribution in [3.63, 3.8) is 0 Å². The minimum Gasteiger partial charge on any atom is -0.378 e. The average Bonchev–Trinajstić information content (AvgIpc) is 2.27. The van der Waals surface area contributed by atoms with Gasteiger partial charge in [0.05, 0.1) is 0 Å². The van der Waals surface area contributed by atoms with Crippen molar-refractivity contribution in [2.24, 2.45) is 5.73 Å². The van der Waals surface area contributed by atoms with Crippen molar-refractivity contribution in [3.8, 4) is 0 Å². The molecule has 0 radical (unpaired) electrons. The topological polar surface area (TPSA) is 49.5 Å². The molecule has 1 unspecified atom stereocenters. The first-order chi connectivity index (χ1) is 5.84. The summed E-state index contributed by atoms with van der Waals surface area (Å²) in [6.07, 6.45) is 5.37. The van der Waals surface area contributed by atoms with Crippen LogP contribution in [0.1, 0.15) is 32.1 Å². The summed E-state index contributed by atoms with van der Waals surface area (Å²) in [7, 11) is 0. The molecule has 1 atom stereocenters. The molecule has 1 aliphatic heterocycles. The van der Waals surface area contributed by atoms with Gasteiger partial charge < -0.3 is 10.8 Å². The second-order valence-electron chi connectivity index (χ2n) is 3.51. The van der Waals surface area contributed by atoms with Crippen LogP contribution in [-0.4, -0.2) is 35.9 Å². The Morgan fingerprint density at radius 2 is 2.17 bits per heavy atom. The van der Waals surface area contributed by atoms with Gasteiger partial charge in [-0.2, -0.15) is 0 Å². The zero-order chi connectivity index (χ0) is 8.81. The van der Waals surface area contributed by atoms with E-state index in [1.165, 1.54) is 19.3 Å². The average molecular weight is 172 g/mol. The van der Waals surface area contributed by atoms with Crippen LogP contribution in [-0.2, 0) is 0 Å². The van der Waals surface area contributed by atoms with Crippen molar-refractivity contribution in [2.75, 3.05) is 19.6 Å². The second kappa shape index (κ2) is 5.51. The minimum absolute atomic E-state index is 0.209. The number of hydrogen-bond donors (Lipinski definition) is 2. The van der Waals surface area contributed by atoms with Gasteiger partial charge in [-0.3, -0.25) is 4.90 Å². The summed E-state index contributed by atoms with van der Waals surface area (Å²) in [5.74, 6) is 0. The number of nitrogens with zero attached hydrogens (tertiary/aromatic N) is 1. The van der Waals surface area contributed by atoms with Gasteiger partial charge in [0, 0.05) is 13.1 Å². The number of aliphatic hydroxyl groups is 1. The molecule has 0 amide bonds. The number of aliphatic hydroxyl groups excluding tert-OH is 1. The van der Waals surface area contributed by atoms with Gasteiger partial charge in [-0.25, -0.2) is 0 Å². The van der Waals surface area contributed by atoms with Crippen LogP contribution < -0.4 is 5.73 Å². The quantitative estimate of drug-likeness (QED) is 0.653. The van der Waals surface area contributed by atoms with E-state index < -0.39 is 0 Å². The molecule has 0 saturated carbocycles. The van der Waals surface area contributed by atoms with Crippen molar-refractivity contribution in [1.29, 1.82) is 0 Å². The molecule has 72 valence electrons. The molecular weight excluding hydrogens is 152 g/mol. The molecule has 0 aromatic rings. The van der Waals surface area contributed by atoms with Crippen molar-refractivity contribution < 1.29 is 5.11 Å². The lowest BCUT2D eigenvalue weighted by Gasteiger charge is -2.25. The molecule has 0 aliphatic carbocycles. The van der Waals surface area contributed by atoms with Crippen LogP contribution in [0.2, 0.25) is 0 Å². The molecule has 1 heterocycles. The fraction of sp³-hybridized carbons (Fsp3) is 1.00. The first-order valence-corrected chi connectivity index (χ1v) is 4.97. The molecule has 3 N–H and O–H groups in total. The maximum absolute atomic E-state index is 9.66. The van der Waals surface area contributed by atoms with E-state index in [9.17, 15) is 5.11 Å². The van der Waals surface area contributed by atoms with E-state index in [1.54, 1.807) is 0 Å². The lowest BCUT2D eigenvalue weighted by atomic mass is 10.2. The molecule has 3 nitrogen and oxygen atoms in total. The van der Waals surface area contributed by atoms with Gasteiger partial charge >= 0.3 is 0 Å². The summed E-state index contributed by atoms with van der Waals surface area (Å²) in [4.78, 5) is 2.15. The smallest absolute Gasteiger partial charge is 0.107 e. The molecule has 3 heteroatoms. The summed E-state index contributed by atoms with van der Waals surface area (Å²) < 4.78 is 0. The van der Waals surface area contributed by atoms with E-state index in [1.807, 2.05) is 0 Å². The van der Waals surface area contributed by atoms with Crippen LogP contribution >= 0.6 is 0 Å². The van der Waals surface area contributed by atoms with E-state index >= 15 is 0 Å². The molecular formula is C9H20N2O. The van der Waals surface area contributed by atoms with Gasteiger partial charge in [0.15, 0.2) is 0 Å². The Morgan fingerprint density at radius 1 is 1.33 bits per heavy atom. The highest BCUT2D eigenvalue weighted by Gasteiger charge is 2.16. The van der Waals surface area contributed by atoms with Crippen molar-refractivity contribution in [2.45, 2.75) is 38.3 Å². The molecule has 1 saturated heterocycles. The molecule has 1 aliphatic rings. The molecule has 12 heavy (non-hydrogen) atoms. The molecule has 1 fully saturated rings. The lowest BCUT2D eigenvalue weighted by molar-refractivity contribution is 0.00442. The van der Waals surface area contributed by atoms with E-state index in [-0.39, 0.29) is 6.23 Å². The van der Waals surface area contributed by atoms with Crippen molar-refractivity contribution in [3.05, 3.63) is 0 Å². The summed E-state index contributed by atoms with van der Waals surface area (Å²) in [5, 5.41) is 9.66. The molecule has 0 aromatic carbocycles. The predicted molar refractivity (Wildman–Crippen MR) is 49.7 cm³/mol. The monoisotopic (exact) mass is 172 g/mol. The highest BCUT2D eigenvalue weighted by atomic mass is 16.3. The summed E-state index contributed by atoms with van der Waals surface area (Å²) in [5.41, 5.74) is 5.42. The van der Waals surface area contributed by atoms with Gasteiger partial charge in [0.25, 0.3) is 0 Å². The Labute approximate surface area is 74.5 Å². The third kappa shape index (κ3) is 3.09. The van der Waals surface area contributed by atoms with Gasteiger partial charge in [-0.15, -0.1) is 0 Å². The summed E-state index contributed by atoms with van der Waals surface area (Å²) >= 11 is 0. The standard InChI is InChI=1S/C9H20N2O/c10-6-4-8-11-7-3-1-2-5-9(11)12/h9,12H,1-8,10H2. The van der Waals surface area contributed by atoms with E-state index in [4.69, 9.17) is 5.73 Å². The third-order valence-corrected chi connectivity index (χ3v) is 2.48. The van der Waals surface area contributed by atoms with Crippen LogP contribution in [0.15, 0.2) is 0 Å². The largest absolute Gasteiger partial charge is 0.378 e. The van der Waals surface area contributed by atoms with Gasteiger partial charge in [-0.05, 0) is 32.2 Å².